The van der Waals surface area contributed by atoms with E-state index in [1.807, 2.05) is 13.1 Å². The van der Waals surface area contributed by atoms with Gasteiger partial charge in [0.15, 0.2) is 5.13 Å². The summed E-state index contributed by atoms with van der Waals surface area (Å²) in [7, 11) is 0. The average molecular weight is 381 g/mol. The third kappa shape index (κ3) is 5.17. The Morgan fingerprint density at radius 1 is 1.11 bits per heavy atom. The summed E-state index contributed by atoms with van der Waals surface area (Å²) in [4.78, 5) is 17.8. The molecule has 1 amide bonds. The van der Waals surface area contributed by atoms with Gasteiger partial charge < -0.3 is 4.74 Å². The SMILES string of the molecule is CCOc1ccc(C(=O)Nc2ncc(Cc3ccc(C(C)C)cc3)s2)cc1. The van der Waals surface area contributed by atoms with Crippen LogP contribution in [0.25, 0.3) is 0 Å². The smallest absolute Gasteiger partial charge is 0.257 e. The molecule has 0 aliphatic rings. The van der Waals surface area contributed by atoms with Crippen molar-refractivity contribution in [3.05, 3.63) is 76.3 Å². The van der Waals surface area contributed by atoms with Crippen LogP contribution in [0.3, 0.4) is 0 Å². The van der Waals surface area contributed by atoms with E-state index in [1.165, 1.54) is 22.5 Å². The Hall–Kier alpha value is -2.66. The Morgan fingerprint density at radius 3 is 2.44 bits per heavy atom. The Kier molecular flexibility index (Phi) is 6.24. The zero-order chi connectivity index (χ0) is 19.2. The van der Waals surface area contributed by atoms with Crippen molar-refractivity contribution in [2.24, 2.45) is 0 Å². The number of anilines is 1. The average Bonchev–Trinajstić information content (AvgIpc) is 3.10. The molecule has 3 rings (SSSR count). The largest absolute Gasteiger partial charge is 0.494 e. The molecule has 1 heterocycles. The van der Waals surface area contributed by atoms with Gasteiger partial charge in [0.2, 0.25) is 0 Å². The predicted molar refractivity (Wildman–Crippen MR) is 111 cm³/mol. The number of thiazole rings is 1. The van der Waals surface area contributed by atoms with Gasteiger partial charge in [0, 0.05) is 23.1 Å². The highest BCUT2D eigenvalue weighted by atomic mass is 32.1. The van der Waals surface area contributed by atoms with Crippen molar-refractivity contribution in [1.82, 2.24) is 4.98 Å². The summed E-state index contributed by atoms with van der Waals surface area (Å²) >= 11 is 1.50. The number of carbonyl (C=O) groups excluding carboxylic acids is 1. The molecule has 0 saturated heterocycles. The van der Waals surface area contributed by atoms with Gasteiger partial charge in [0.1, 0.15) is 5.75 Å². The molecule has 27 heavy (non-hydrogen) atoms. The number of hydrogen-bond donors (Lipinski definition) is 1. The van der Waals surface area contributed by atoms with Gasteiger partial charge in [0.05, 0.1) is 6.61 Å². The van der Waals surface area contributed by atoms with Crippen LogP contribution in [0.15, 0.2) is 54.7 Å². The molecule has 0 bridgehead atoms. The van der Waals surface area contributed by atoms with Crippen molar-refractivity contribution in [3.63, 3.8) is 0 Å². The van der Waals surface area contributed by atoms with Gasteiger partial charge in [-0.1, -0.05) is 38.1 Å². The van der Waals surface area contributed by atoms with Crippen molar-refractivity contribution in [2.45, 2.75) is 33.1 Å². The molecule has 0 atom stereocenters. The zero-order valence-corrected chi connectivity index (χ0v) is 16.7. The summed E-state index contributed by atoms with van der Waals surface area (Å²) in [6.45, 7) is 6.92. The summed E-state index contributed by atoms with van der Waals surface area (Å²) in [6.07, 6.45) is 2.64. The number of carbonyl (C=O) groups is 1. The summed E-state index contributed by atoms with van der Waals surface area (Å²) in [5.41, 5.74) is 3.17. The van der Waals surface area contributed by atoms with Gasteiger partial charge in [-0.05, 0) is 48.2 Å². The maximum Gasteiger partial charge on any atom is 0.257 e. The van der Waals surface area contributed by atoms with Crippen LogP contribution in [0.2, 0.25) is 0 Å². The van der Waals surface area contributed by atoms with Crippen molar-refractivity contribution >= 4 is 22.4 Å². The molecule has 3 aromatic rings. The van der Waals surface area contributed by atoms with E-state index in [-0.39, 0.29) is 5.91 Å². The van der Waals surface area contributed by atoms with Gasteiger partial charge in [0.25, 0.3) is 5.91 Å². The molecule has 0 unspecified atom stereocenters. The molecule has 4 nitrogen and oxygen atoms in total. The van der Waals surface area contributed by atoms with E-state index in [2.05, 4.69) is 48.4 Å². The molecule has 0 aliphatic heterocycles. The minimum atomic E-state index is -0.166. The quantitative estimate of drug-likeness (QED) is 0.588. The molecule has 0 fully saturated rings. The van der Waals surface area contributed by atoms with Crippen LogP contribution in [0, 0.1) is 0 Å². The molecule has 0 saturated carbocycles. The van der Waals surface area contributed by atoms with E-state index >= 15 is 0 Å². The minimum absolute atomic E-state index is 0.166. The molecule has 140 valence electrons. The van der Waals surface area contributed by atoms with Crippen LogP contribution in [0.1, 0.15) is 53.1 Å². The molecule has 0 spiro atoms. The van der Waals surface area contributed by atoms with Gasteiger partial charge in [-0.15, -0.1) is 11.3 Å². The van der Waals surface area contributed by atoms with Gasteiger partial charge in [-0.2, -0.15) is 0 Å². The standard InChI is InChI=1S/C22H24N2O2S/c1-4-26-19-11-9-18(10-12-19)21(25)24-22-23-14-20(27-22)13-16-5-7-17(8-6-16)15(2)3/h5-12,14-15H,4,13H2,1-3H3,(H,23,24,25). The van der Waals surface area contributed by atoms with E-state index in [0.29, 0.717) is 23.2 Å². The first-order valence-corrected chi connectivity index (χ1v) is 9.94. The summed E-state index contributed by atoms with van der Waals surface area (Å²) in [5, 5.41) is 3.48. The van der Waals surface area contributed by atoms with E-state index in [0.717, 1.165) is 17.0 Å². The third-order valence-electron chi connectivity index (χ3n) is 4.23. The maximum absolute atomic E-state index is 12.4. The zero-order valence-electron chi connectivity index (χ0n) is 15.9. The minimum Gasteiger partial charge on any atom is -0.494 e. The second-order valence-electron chi connectivity index (χ2n) is 6.62. The Labute approximate surface area is 164 Å². The molecule has 1 aromatic heterocycles. The molecule has 0 radical (unpaired) electrons. The maximum atomic E-state index is 12.4. The van der Waals surface area contributed by atoms with E-state index in [1.54, 1.807) is 24.3 Å². The lowest BCUT2D eigenvalue weighted by Crippen LogP contribution is -2.11. The summed E-state index contributed by atoms with van der Waals surface area (Å²) in [5.74, 6) is 1.13. The van der Waals surface area contributed by atoms with E-state index in [4.69, 9.17) is 4.74 Å². The Balaban J connectivity index is 1.60. The lowest BCUT2D eigenvalue weighted by molar-refractivity contribution is 0.102. The number of nitrogens with zero attached hydrogens (tertiary/aromatic N) is 1. The van der Waals surface area contributed by atoms with E-state index in [9.17, 15) is 4.79 Å². The number of nitrogens with one attached hydrogen (secondary N) is 1. The molecule has 2 aromatic carbocycles. The first-order valence-electron chi connectivity index (χ1n) is 9.13. The number of amides is 1. The molecular formula is C22H24N2O2S. The number of rotatable bonds is 7. The van der Waals surface area contributed by atoms with Crippen LogP contribution in [0.5, 0.6) is 5.75 Å². The van der Waals surface area contributed by atoms with Crippen molar-refractivity contribution in [3.8, 4) is 5.75 Å². The fourth-order valence-corrected chi connectivity index (χ4v) is 3.55. The monoisotopic (exact) mass is 380 g/mol. The number of aromatic nitrogens is 1. The van der Waals surface area contributed by atoms with Crippen LogP contribution in [0.4, 0.5) is 5.13 Å². The van der Waals surface area contributed by atoms with Crippen molar-refractivity contribution < 1.29 is 9.53 Å². The highest BCUT2D eigenvalue weighted by Crippen LogP contribution is 2.23. The Bertz CT molecular complexity index is 883. The topological polar surface area (TPSA) is 51.2 Å². The van der Waals surface area contributed by atoms with Gasteiger partial charge in [-0.25, -0.2) is 4.98 Å². The molecule has 0 aliphatic carbocycles. The first-order chi connectivity index (χ1) is 13.0. The second-order valence-corrected chi connectivity index (χ2v) is 7.73. The molecule has 1 N–H and O–H groups in total. The van der Waals surface area contributed by atoms with E-state index < -0.39 is 0 Å². The van der Waals surface area contributed by atoms with Crippen LogP contribution in [-0.2, 0) is 6.42 Å². The first kappa shape index (κ1) is 19.1. The molecular weight excluding hydrogens is 356 g/mol. The van der Waals surface area contributed by atoms with Crippen LogP contribution < -0.4 is 10.1 Å². The summed E-state index contributed by atoms with van der Waals surface area (Å²) in [6, 6.07) is 15.8. The number of hydrogen-bond acceptors (Lipinski definition) is 4. The third-order valence-corrected chi connectivity index (χ3v) is 5.14. The highest BCUT2D eigenvalue weighted by molar-refractivity contribution is 7.15. The highest BCUT2D eigenvalue weighted by Gasteiger charge is 2.10. The number of benzene rings is 2. The van der Waals surface area contributed by atoms with Gasteiger partial charge in [-0.3, -0.25) is 10.1 Å². The predicted octanol–water partition coefficient (Wildman–Crippen LogP) is 5.51. The van der Waals surface area contributed by atoms with Crippen molar-refractivity contribution in [1.29, 1.82) is 0 Å². The van der Waals surface area contributed by atoms with Crippen molar-refractivity contribution in [2.75, 3.05) is 11.9 Å². The fourth-order valence-electron chi connectivity index (χ4n) is 2.71. The molecule has 5 heteroatoms. The number of ether oxygens (including phenoxy) is 1. The second kappa shape index (κ2) is 8.82. The van der Waals surface area contributed by atoms with Crippen LogP contribution >= 0.6 is 11.3 Å². The normalized spacial score (nSPS) is 10.8. The lowest BCUT2D eigenvalue weighted by Gasteiger charge is -2.06. The lowest BCUT2D eigenvalue weighted by atomic mass is 10.0. The summed E-state index contributed by atoms with van der Waals surface area (Å²) < 4.78 is 5.40. The Morgan fingerprint density at radius 2 is 1.81 bits per heavy atom. The van der Waals surface area contributed by atoms with Crippen LogP contribution in [-0.4, -0.2) is 17.5 Å². The fraction of sp³-hybridized carbons (Fsp3) is 0.273. The van der Waals surface area contributed by atoms with Gasteiger partial charge >= 0.3 is 0 Å².